The minimum Gasteiger partial charge on any atom is -0.364 e. The topological polar surface area (TPSA) is 21.3 Å². The van der Waals surface area contributed by atoms with Gasteiger partial charge in [-0.05, 0) is 13.3 Å². The van der Waals surface area contributed by atoms with E-state index in [0.717, 1.165) is 13.3 Å². The first kappa shape index (κ1) is 18.0. The molecule has 1 unspecified atom stereocenters. The molecule has 0 aromatic carbocycles. The van der Waals surface area contributed by atoms with E-state index in [4.69, 9.17) is 4.74 Å². The highest BCUT2D eigenvalue weighted by atomic mass is 16.5. The predicted octanol–water partition coefficient (Wildman–Crippen LogP) is 5.41. The summed E-state index contributed by atoms with van der Waals surface area (Å²) in [5.41, 5.74) is 0.262. The van der Waals surface area contributed by atoms with Crippen LogP contribution in [0.25, 0.3) is 0 Å². The van der Waals surface area contributed by atoms with Crippen molar-refractivity contribution in [1.29, 1.82) is 0 Å². The maximum Gasteiger partial charge on any atom is 0.0971 e. The molecule has 1 atom stereocenters. The van der Waals surface area contributed by atoms with Crippen LogP contribution in [0.4, 0.5) is 0 Å². The minimum atomic E-state index is 0.262. The molecule has 0 aromatic heterocycles. The molecule has 2 heteroatoms. The highest BCUT2D eigenvalue weighted by Crippen LogP contribution is 2.19. The molecule has 1 rings (SSSR count). The van der Waals surface area contributed by atoms with Gasteiger partial charge in [-0.15, -0.1) is 0 Å². The average molecular weight is 283 g/mol. The van der Waals surface area contributed by atoms with E-state index in [1.807, 2.05) is 0 Å². The molecule has 0 aliphatic carbocycles. The molecule has 0 saturated carbocycles. The Morgan fingerprint density at radius 2 is 1.30 bits per heavy atom. The predicted molar refractivity (Wildman–Crippen MR) is 88.1 cm³/mol. The Balaban J connectivity index is 1.74. The molecule has 0 amide bonds. The third-order valence-corrected chi connectivity index (χ3v) is 4.60. The summed E-state index contributed by atoms with van der Waals surface area (Å²) in [6.45, 7) is 6.22. The molecular formula is C18H37NO. The Morgan fingerprint density at radius 3 is 1.75 bits per heavy atom. The SMILES string of the molecule is CCCCCCCCCCCCCCC1(C)COCN1. The van der Waals surface area contributed by atoms with E-state index in [1.165, 1.54) is 83.5 Å². The van der Waals surface area contributed by atoms with Gasteiger partial charge in [-0.3, -0.25) is 5.32 Å². The van der Waals surface area contributed by atoms with Crippen LogP contribution in [-0.2, 0) is 4.74 Å². The zero-order valence-corrected chi connectivity index (χ0v) is 14.0. The molecule has 1 aliphatic rings. The molecule has 0 radical (unpaired) electrons. The van der Waals surface area contributed by atoms with Crippen LogP contribution in [0.3, 0.4) is 0 Å². The van der Waals surface area contributed by atoms with Gasteiger partial charge < -0.3 is 4.74 Å². The average Bonchev–Trinajstić information content (AvgIpc) is 2.87. The zero-order chi connectivity index (χ0) is 14.5. The molecule has 1 N–H and O–H groups in total. The molecule has 1 aliphatic heterocycles. The smallest absolute Gasteiger partial charge is 0.0971 e. The standard InChI is InChI=1S/C18H37NO/c1-3-4-5-6-7-8-9-10-11-12-13-14-15-18(2)16-20-17-19-18/h19H,3-17H2,1-2H3. The Hall–Kier alpha value is -0.0800. The van der Waals surface area contributed by atoms with Crippen LogP contribution in [0.2, 0.25) is 0 Å². The van der Waals surface area contributed by atoms with Crippen LogP contribution in [0.5, 0.6) is 0 Å². The number of nitrogens with one attached hydrogen (secondary N) is 1. The highest BCUT2D eigenvalue weighted by Gasteiger charge is 2.27. The quantitative estimate of drug-likeness (QED) is 0.456. The third kappa shape index (κ3) is 8.97. The van der Waals surface area contributed by atoms with Crippen molar-refractivity contribution in [2.75, 3.05) is 13.3 Å². The van der Waals surface area contributed by atoms with Gasteiger partial charge in [0.15, 0.2) is 0 Å². The van der Waals surface area contributed by atoms with Crippen LogP contribution >= 0.6 is 0 Å². The largest absolute Gasteiger partial charge is 0.364 e. The van der Waals surface area contributed by atoms with Gasteiger partial charge in [0.25, 0.3) is 0 Å². The van der Waals surface area contributed by atoms with Gasteiger partial charge in [0.1, 0.15) is 0 Å². The molecule has 120 valence electrons. The second kappa shape index (κ2) is 11.6. The van der Waals surface area contributed by atoms with E-state index in [1.54, 1.807) is 0 Å². The maximum atomic E-state index is 5.41. The third-order valence-electron chi connectivity index (χ3n) is 4.60. The van der Waals surface area contributed by atoms with Gasteiger partial charge in [-0.25, -0.2) is 0 Å². The summed E-state index contributed by atoms with van der Waals surface area (Å²) in [7, 11) is 0. The van der Waals surface area contributed by atoms with Gasteiger partial charge in [0, 0.05) is 5.54 Å². The van der Waals surface area contributed by atoms with E-state index in [2.05, 4.69) is 19.2 Å². The first-order valence-electron chi connectivity index (χ1n) is 9.10. The van der Waals surface area contributed by atoms with Crippen molar-refractivity contribution in [2.24, 2.45) is 0 Å². The lowest BCUT2D eigenvalue weighted by Gasteiger charge is -2.21. The summed E-state index contributed by atoms with van der Waals surface area (Å²) < 4.78 is 5.41. The number of hydrogen-bond donors (Lipinski definition) is 1. The van der Waals surface area contributed by atoms with Gasteiger partial charge >= 0.3 is 0 Å². The number of ether oxygens (including phenoxy) is 1. The van der Waals surface area contributed by atoms with E-state index in [-0.39, 0.29) is 5.54 Å². The van der Waals surface area contributed by atoms with Crippen LogP contribution in [0.15, 0.2) is 0 Å². The maximum absolute atomic E-state index is 5.41. The van der Waals surface area contributed by atoms with E-state index < -0.39 is 0 Å². The molecule has 20 heavy (non-hydrogen) atoms. The van der Waals surface area contributed by atoms with Crippen LogP contribution in [-0.4, -0.2) is 18.9 Å². The fourth-order valence-corrected chi connectivity index (χ4v) is 3.07. The zero-order valence-electron chi connectivity index (χ0n) is 14.0. The number of unbranched alkanes of at least 4 members (excludes halogenated alkanes) is 11. The van der Waals surface area contributed by atoms with Crippen LogP contribution in [0.1, 0.15) is 97.3 Å². The number of hydrogen-bond acceptors (Lipinski definition) is 2. The monoisotopic (exact) mass is 283 g/mol. The molecule has 1 heterocycles. The van der Waals surface area contributed by atoms with Crippen molar-refractivity contribution in [2.45, 2.75) is 103 Å². The Bertz CT molecular complexity index is 211. The van der Waals surface area contributed by atoms with Crippen LogP contribution in [0, 0.1) is 0 Å². The molecule has 1 saturated heterocycles. The van der Waals surface area contributed by atoms with Crippen molar-refractivity contribution < 1.29 is 4.74 Å². The van der Waals surface area contributed by atoms with Crippen molar-refractivity contribution in [1.82, 2.24) is 5.32 Å². The van der Waals surface area contributed by atoms with Crippen molar-refractivity contribution in [3.8, 4) is 0 Å². The van der Waals surface area contributed by atoms with Gasteiger partial charge in [0.05, 0.1) is 13.3 Å². The fraction of sp³-hybridized carbons (Fsp3) is 1.00. The van der Waals surface area contributed by atoms with Gasteiger partial charge in [0.2, 0.25) is 0 Å². The van der Waals surface area contributed by atoms with Crippen molar-refractivity contribution >= 4 is 0 Å². The lowest BCUT2D eigenvalue weighted by atomic mass is 9.95. The summed E-state index contributed by atoms with van der Waals surface area (Å²) in [6.07, 6.45) is 18.4. The second-order valence-corrected chi connectivity index (χ2v) is 6.87. The summed E-state index contributed by atoms with van der Waals surface area (Å²) in [6, 6.07) is 0. The summed E-state index contributed by atoms with van der Waals surface area (Å²) in [4.78, 5) is 0. The van der Waals surface area contributed by atoms with E-state index in [0.29, 0.717) is 0 Å². The van der Waals surface area contributed by atoms with E-state index in [9.17, 15) is 0 Å². The van der Waals surface area contributed by atoms with Crippen LogP contribution < -0.4 is 5.32 Å². The van der Waals surface area contributed by atoms with E-state index >= 15 is 0 Å². The summed E-state index contributed by atoms with van der Waals surface area (Å²) in [5.74, 6) is 0. The van der Waals surface area contributed by atoms with Gasteiger partial charge in [-0.2, -0.15) is 0 Å². The lowest BCUT2D eigenvalue weighted by Crippen LogP contribution is -2.38. The molecule has 2 nitrogen and oxygen atoms in total. The first-order valence-corrected chi connectivity index (χ1v) is 9.10. The molecule has 0 spiro atoms. The second-order valence-electron chi connectivity index (χ2n) is 6.87. The Labute approximate surface area is 127 Å². The Morgan fingerprint density at radius 1 is 0.800 bits per heavy atom. The fourth-order valence-electron chi connectivity index (χ4n) is 3.07. The van der Waals surface area contributed by atoms with Crippen molar-refractivity contribution in [3.05, 3.63) is 0 Å². The molecular weight excluding hydrogens is 246 g/mol. The van der Waals surface area contributed by atoms with Crippen molar-refractivity contribution in [3.63, 3.8) is 0 Å². The molecule has 0 aromatic rings. The summed E-state index contributed by atoms with van der Waals surface area (Å²) in [5, 5.41) is 3.45. The highest BCUT2D eigenvalue weighted by molar-refractivity contribution is 4.85. The summed E-state index contributed by atoms with van der Waals surface area (Å²) >= 11 is 0. The normalized spacial score (nSPS) is 22.5. The lowest BCUT2D eigenvalue weighted by molar-refractivity contribution is 0.176. The minimum absolute atomic E-state index is 0.262. The first-order chi connectivity index (χ1) is 9.77. The molecule has 0 bridgehead atoms. The van der Waals surface area contributed by atoms with Gasteiger partial charge in [-0.1, -0.05) is 84.0 Å². The molecule has 1 fully saturated rings. The Kier molecular flexibility index (Phi) is 10.4. The number of rotatable bonds is 13.